The van der Waals surface area contributed by atoms with Crippen LogP contribution in [0, 0.1) is 3.57 Å². The zero-order valence-electron chi connectivity index (χ0n) is 8.13. The maximum atomic E-state index is 6.03. The molecule has 80 valence electrons. The molecular formula is C9H8Cl2IN3. The van der Waals surface area contributed by atoms with Gasteiger partial charge in [0.25, 0.3) is 0 Å². The molecule has 2 heterocycles. The van der Waals surface area contributed by atoms with Crippen molar-refractivity contribution < 1.29 is 0 Å². The molecule has 0 unspecified atom stereocenters. The SMILES string of the molecule is CC(C)n1cc(I)c2c(Cl)nc(Cl)nc21. The molecule has 0 atom stereocenters. The molecule has 15 heavy (non-hydrogen) atoms. The van der Waals surface area contributed by atoms with E-state index in [1.807, 2.05) is 10.8 Å². The van der Waals surface area contributed by atoms with Crippen LogP contribution in [-0.2, 0) is 0 Å². The summed E-state index contributed by atoms with van der Waals surface area (Å²) < 4.78 is 3.08. The second-order valence-electron chi connectivity index (χ2n) is 3.46. The summed E-state index contributed by atoms with van der Waals surface area (Å²) >= 11 is 14.0. The lowest BCUT2D eigenvalue weighted by molar-refractivity contribution is 0.617. The van der Waals surface area contributed by atoms with Crippen molar-refractivity contribution in [3.8, 4) is 0 Å². The van der Waals surface area contributed by atoms with Crippen LogP contribution in [0.1, 0.15) is 19.9 Å². The number of hydrogen-bond acceptors (Lipinski definition) is 2. The van der Waals surface area contributed by atoms with E-state index in [4.69, 9.17) is 23.2 Å². The van der Waals surface area contributed by atoms with Gasteiger partial charge in [-0.15, -0.1) is 0 Å². The summed E-state index contributed by atoms with van der Waals surface area (Å²) in [6.45, 7) is 4.17. The van der Waals surface area contributed by atoms with Crippen LogP contribution in [0.15, 0.2) is 6.20 Å². The number of fused-ring (bicyclic) bond motifs is 1. The fraction of sp³-hybridized carbons (Fsp3) is 0.333. The molecule has 0 spiro atoms. The van der Waals surface area contributed by atoms with Gasteiger partial charge in [0.2, 0.25) is 5.28 Å². The van der Waals surface area contributed by atoms with Crippen molar-refractivity contribution in [1.82, 2.24) is 14.5 Å². The first-order valence-electron chi connectivity index (χ1n) is 4.39. The van der Waals surface area contributed by atoms with Gasteiger partial charge in [-0.1, -0.05) is 11.6 Å². The fourth-order valence-corrected chi connectivity index (χ4v) is 2.86. The monoisotopic (exact) mass is 355 g/mol. The number of aromatic nitrogens is 3. The fourth-order valence-electron chi connectivity index (χ4n) is 1.43. The molecule has 0 radical (unpaired) electrons. The maximum absolute atomic E-state index is 6.03. The molecule has 0 bridgehead atoms. The predicted molar refractivity (Wildman–Crippen MR) is 70.7 cm³/mol. The highest BCUT2D eigenvalue weighted by molar-refractivity contribution is 14.1. The predicted octanol–water partition coefficient (Wildman–Crippen LogP) is 3.92. The van der Waals surface area contributed by atoms with Gasteiger partial charge in [0, 0.05) is 15.8 Å². The van der Waals surface area contributed by atoms with E-state index < -0.39 is 0 Å². The Labute approximate surface area is 111 Å². The molecule has 0 amide bonds. The Morgan fingerprint density at radius 3 is 2.60 bits per heavy atom. The Bertz CT molecular complexity index is 522. The van der Waals surface area contributed by atoms with Crippen LogP contribution in [0.25, 0.3) is 11.0 Å². The van der Waals surface area contributed by atoms with E-state index in [1.54, 1.807) is 0 Å². The molecule has 6 heteroatoms. The molecule has 0 aliphatic heterocycles. The van der Waals surface area contributed by atoms with Crippen molar-refractivity contribution in [3.63, 3.8) is 0 Å². The molecule has 0 fully saturated rings. The Morgan fingerprint density at radius 1 is 1.33 bits per heavy atom. The molecule has 0 N–H and O–H groups in total. The first kappa shape index (κ1) is 11.4. The van der Waals surface area contributed by atoms with Crippen LogP contribution < -0.4 is 0 Å². The van der Waals surface area contributed by atoms with E-state index in [0.29, 0.717) is 11.2 Å². The lowest BCUT2D eigenvalue weighted by atomic mass is 10.4. The highest BCUT2D eigenvalue weighted by Crippen LogP contribution is 2.30. The normalized spacial score (nSPS) is 11.6. The molecule has 0 aliphatic rings. The third-order valence-electron chi connectivity index (χ3n) is 2.11. The Kier molecular flexibility index (Phi) is 3.10. The minimum Gasteiger partial charge on any atom is -0.329 e. The molecule has 2 aromatic heterocycles. The van der Waals surface area contributed by atoms with Gasteiger partial charge >= 0.3 is 0 Å². The van der Waals surface area contributed by atoms with E-state index in [-0.39, 0.29) is 5.28 Å². The van der Waals surface area contributed by atoms with Gasteiger partial charge in [-0.2, -0.15) is 4.98 Å². The molecular weight excluding hydrogens is 348 g/mol. The zero-order valence-corrected chi connectivity index (χ0v) is 11.8. The van der Waals surface area contributed by atoms with E-state index in [2.05, 4.69) is 46.4 Å². The molecule has 3 nitrogen and oxygen atoms in total. The standard InChI is InChI=1S/C9H8Cl2IN3/c1-4(2)15-3-5(12)6-7(10)13-9(11)14-8(6)15/h3-4H,1-2H3. The van der Waals surface area contributed by atoms with Crippen molar-refractivity contribution in [2.75, 3.05) is 0 Å². The molecule has 0 saturated heterocycles. The first-order chi connectivity index (χ1) is 7.00. The van der Waals surface area contributed by atoms with Crippen molar-refractivity contribution in [2.24, 2.45) is 0 Å². The summed E-state index contributed by atoms with van der Waals surface area (Å²) in [5, 5.41) is 1.47. The number of nitrogens with zero attached hydrogens (tertiary/aromatic N) is 3. The van der Waals surface area contributed by atoms with Gasteiger partial charge < -0.3 is 4.57 Å². The van der Waals surface area contributed by atoms with Crippen molar-refractivity contribution in [3.05, 3.63) is 20.2 Å². The van der Waals surface area contributed by atoms with E-state index >= 15 is 0 Å². The van der Waals surface area contributed by atoms with Gasteiger partial charge in [0.05, 0.1) is 5.39 Å². The van der Waals surface area contributed by atoms with E-state index in [9.17, 15) is 0 Å². The largest absolute Gasteiger partial charge is 0.329 e. The third kappa shape index (κ3) is 1.94. The van der Waals surface area contributed by atoms with Gasteiger partial charge in [-0.3, -0.25) is 0 Å². The third-order valence-corrected chi connectivity index (χ3v) is 3.37. The van der Waals surface area contributed by atoms with Gasteiger partial charge in [0.1, 0.15) is 10.8 Å². The Balaban J connectivity index is 2.87. The second kappa shape index (κ2) is 4.07. The van der Waals surface area contributed by atoms with E-state index in [0.717, 1.165) is 14.6 Å². The minimum atomic E-state index is 0.184. The number of halogens is 3. The van der Waals surface area contributed by atoms with Crippen molar-refractivity contribution in [1.29, 1.82) is 0 Å². The van der Waals surface area contributed by atoms with Crippen LogP contribution in [0.5, 0.6) is 0 Å². The number of hydrogen-bond donors (Lipinski definition) is 0. The second-order valence-corrected chi connectivity index (χ2v) is 5.32. The molecule has 0 aliphatic carbocycles. The van der Waals surface area contributed by atoms with Crippen LogP contribution >= 0.6 is 45.8 Å². The summed E-state index contributed by atoms with van der Waals surface area (Å²) in [5.74, 6) is 0. The molecule has 2 rings (SSSR count). The molecule has 0 saturated carbocycles. The average Bonchev–Trinajstić information content (AvgIpc) is 2.42. The van der Waals surface area contributed by atoms with Crippen LogP contribution in [0.4, 0.5) is 0 Å². The number of rotatable bonds is 1. The quantitative estimate of drug-likeness (QED) is 0.441. The molecule has 2 aromatic rings. The first-order valence-corrected chi connectivity index (χ1v) is 6.23. The lowest BCUT2D eigenvalue weighted by Gasteiger charge is -2.07. The molecule has 0 aromatic carbocycles. The van der Waals surface area contributed by atoms with Crippen LogP contribution in [0.3, 0.4) is 0 Å². The summed E-state index contributed by atoms with van der Waals surface area (Å²) in [7, 11) is 0. The van der Waals surface area contributed by atoms with Gasteiger partial charge in [-0.05, 0) is 48.0 Å². The van der Waals surface area contributed by atoms with Crippen molar-refractivity contribution >= 4 is 56.8 Å². The smallest absolute Gasteiger partial charge is 0.225 e. The van der Waals surface area contributed by atoms with Gasteiger partial charge in [0.15, 0.2) is 0 Å². The maximum Gasteiger partial charge on any atom is 0.225 e. The highest BCUT2D eigenvalue weighted by atomic mass is 127. The lowest BCUT2D eigenvalue weighted by Crippen LogP contribution is -2.00. The summed E-state index contributed by atoms with van der Waals surface area (Å²) in [6, 6.07) is 0.318. The van der Waals surface area contributed by atoms with Crippen molar-refractivity contribution in [2.45, 2.75) is 19.9 Å². The average molecular weight is 356 g/mol. The topological polar surface area (TPSA) is 30.7 Å². The zero-order chi connectivity index (χ0) is 11.2. The summed E-state index contributed by atoms with van der Waals surface area (Å²) in [5.41, 5.74) is 0.791. The van der Waals surface area contributed by atoms with Crippen LogP contribution in [0.2, 0.25) is 10.4 Å². The van der Waals surface area contributed by atoms with E-state index in [1.165, 1.54) is 0 Å². The Morgan fingerprint density at radius 2 is 2.00 bits per heavy atom. The Hall–Kier alpha value is -0.0700. The summed E-state index contributed by atoms with van der Waals surface area (Å²) in [6.07, 6.45) is 2.01. The van der Waals surface area contributed by atoms with Gasteiger partial charge in [-0.25, -0.2) is 4.98 Å². The minimum absolute atomic E-state index is 0.184. The summed E-state index contributed by atoms with van der Waals surface area (Å²) in [4.78, 5) is 8.14. The highest BCUT2D eigenvalue weighted by Gasteiger charge is 2.15. The van der Waals surface area contributed by atoms with Crippen LogP contribution in [-0.4, -0.2) is 14.5 Å².